The van der Waals surface area contributed by atoms with Gasteiger partial charge in [-0.05, 0) is 26.4 Å². The molecule has 14 heavy (non-hydrogen) atoms. The van der Waals surface area contributed by atoms with Gasteiger partial charge in [0.05, 0.1) is 18.3 Å². The van der Waals surface area contributed by atoms with E-state index in [2.05, 4.69) is 16.9 Å². The van der Waals surface area contributed by atoms with Crippen molar-refractivity contribution >= 4 is 11.3 Å². The fourth-order valence-electron chi connectivity index (χ4n) is 1.94. The molecule has 0 radical (unpaired) electrons. The molecule has 1 aliphatic rings. The molecule has 0 aromatic carbocycles. The summed E-state index contributed by atoms with van der Waals surface area (Å²) in [5.41, 5.74) is 0.809. The molecular weight excluding hydrogens is 196 g/mol. The molecule has 1 saturated heterocycles. The zero-order chi connectivity index (χ0) is 9.97. The van der Waals surface area contributed by atoms with Crippen LogP contribution in [0.5, 0.6) is 0 Å². The van der Waals surface area contributed by atoms with Gasteiger partial charge in [-0.2, -0.15) is 0 Å². The second kappa shape index (κ2) is 4.38. The van der Waals surface area contributed by atoms with E-state index in [9.17, 15) is 0 Å². The Balaban J connectivity index is 2.12. The Morgan fingerprint density at radius 2 is 2.50 bits per heavy atom. The van der Waals surface area contributed by atoms with Gasteiger partial charge in [0.25, 0.3) is 0 Å². The Bertz CT molecular complexity index is 300. The molecular formula is C10H16N2OS. The summed E-state index contributed by atoms with van der Waals surface area (Å²) in [4.78, 5) is 6.79. The van der Waals surface area contributed by atoms with Crippen LogP contribution < -0.4 is 0 Å². The molecule has 1 aromatic heterocycles. The molecule has 0 aliphatic carbocycles. The maximum absolute atomic E-state index is 8.95. The van der Waals surface area contributed by atoms with Crippen LogP contribution in [0.15, 0.2) is 5.38 Å². The van der Waals surface area contributed by atoms with Crippen molar-refractivity contribution in [1.29, 1.82) is 0 Å². The van der Waals surface area contributed by atoms with Gasteiger partial charge in [0.2, 0.25) is 0 Å². The molecule has 0 amide bonds. The maximum atomic E-state index is 8.95. The van der Waals surface area contributed by atoms with Crippen LogP contribution in [-0.4, -0.2) is 28.6 Å². The van der Waals surface area contributed by atoms with Crippen molar-refractivity contribution in [3.8, 4) is 0 Å². The number of likely N-dealkylation sites (tertiary alicyclic amines) is 1. The van der Waals surface area contributed by atoms with E-state index in [1.54, 1.807) is 11.3 Å². The molecule has 1 N–H and O–H groups in total. The summed E-state index contributed by atoms with van der Waals surface area (Å²) >= 11 is 1.67. The minimum atomic E-state index is 0.0624. The van der Waals surface area contributed by atoms with Gasteiger partial charge in [-0.15, -0.1) is 11.3 Å². The van der Waals surface area contributed by atoms with Crippen molar-refractivity contribution in [1.82, 2.24) is 9.88 Å². The third kappa shape index (κ3) is 1.97. The predicted octanol–water partition coefficient (Wildman–Crippen LogP) is 1.79. The lowest BCUT2D eigenvalue weighted by molar-refractivity contribution is 0.186. The summed E-state index contributed by atoms with van der Waals surface area (Å²) < 4.78 is 0. The molecule has 78 valence electrons. The zero-order valence-electron chi connectivity index (χ0n) is 8.44. The highest BCUT2D eigenvalue weighted by atomic mass is 32.1. The smallest absolute Gasteiger partial charge is 0.110 e. The highest BCUT2D eigenvalue weighted by molar-refractivity contribution is 7.09. The highest BCUT2D eigenvalue weighted by Gasteiger charge is 2.23. The van der Waals surface area contributed by atoms with E-state index < -0.39 is 0 Å². The second-order valence-corrected chi connectivity index (χ2v) is 4.72. The van der Waals surface area contributed by atoms with Gasteiger partial charge in [-0.1, -0.05) is 6.42 Å². The zero-order valence-corrected chi connectivity index (χ0v) is 9.26. The van der Waals surface area contributed by atoms with Crippen LogP contribution in [0.4, 0.5) is 0 Å². The van der Waals surface area contributed by atoms with Crippen molar-refractivity contribution in [3.05, 3.63) is 16.1 Å². The van der Waals surface area contributed by atoms with Gasteiger partial charge < -0.3 is 5.11 Å². The third-order valence-corrected chi connectivity index (χ3v) is 3.78. The standard InChI is InChI=1S/C10H16N2OS/c1-12-5-3-2-4-9(12)10-11-8(6-13)7-14-10/h7,9,13H,2-6H2,1H3. The van der Waals surface area contributed by atoms with Crippen LogP contribution in [-0.2, 0) is 6.61 Å². The minimum absolute atomic E-state index is 0.0624. The van der Waals surface area contributed by atoms with Crippen LogP contribution in [0.1, 0.15) is 36.0 Å². The molecule has 1 aromatic rings. The van der Waals surface area contributed by atoms with E-state index in [0.717, 1.165) is 10.7 Å². The van der Waals surface area contributed by atoms with Crippen molar-refractivity contribution in [3.63, 3.8) is 0 Å². The average molecular weight is 212 g/mol. The molecule has 4 heteroatoms. The highest BCUT2D eigenvalue weighted by Crippen LogP contribution is 2.31. The number of hydrogen-bond donors (Lipinski definition) is 1. The monoisotopic (exact) mass is 212 g/mol. The largest absolute Gasteiger partial charge is 0.390 e. The van der Waals surface area contributed by atoms with Gasteiger partial charge in [0.15, 0.2) is 0 Å². The third-order valence-electron chi connectivity index (χ3n) is 2.79. The Kier molecular flexibility index (Phi) is 3.15. The number of aliphatic hydroxyl groups is 1. The van der Waals surface area contributed by atoms with Gasteiger partial charge in [0.1, 0.15) is 5.01 Å². The first-order chi connectivity index (χ1) is 6.81. The molecule has 2 rings (SSSR count). The van der Waals surface area contributed by atoms with Gasteiger partial charge in [-0.3, -0.25) is 4.90 Å². The van der Waals surface area contributed by atoms with E-state index in [1.807, 2.05) is 5.38 Å². The summed E-state index contributed by atoms with van der Waals surface area (Å²) in [6.45, 7) is 1.23. The first-order valence-electron chi connectivity index (χ1n) is 5.06. The molecule has 0 saturated carbocycles. The molecule has 1 atom stereocenters. The van der Waals surface area contributed by atoms with Crippen LogP contribution in [0, 0.1) is 0 Å². The van der Waals surface area contributed by atoms with Crippen LogP contribution in [0.2, 0.25) is 0 Å². The first-order valence-corrected chi connectivity index (χ1v) is 5.94. The lowest BCUT2D eigenvalue weighted by Gasteiger charge is -2.30. The topological polar surface area (TPSA) is 36.4 Å². The van der Waals surface area contributed by atoms with E-state index in [-0.39, 0.29) is 6.61 Å². The average Bonchev–Trinajstić information content (AvgIpc) is 2.67. The number of rotatable bonds is 2. The Morgan fingerprint density at radius 3 is 3.14 bits per heavy atom. The molecule has 1 fully saturated rings. The Hall–Kier alpha value is -0.450. The molecule has 2 heterocycles. The van der Waals surface area contributed by atoms with Crippen LogP contribution in [0.25, 0.3) is 0 Å². The van der Waals surface area contributed by atoms with Gasteiger partial charge >= 0.3 is 0 Å². The predicted molar refractivity (Wildman–Crippen MR) is 57.3 cm³/mol. The fourth-order valence-corrected chi connectivity index (χ4v) is 2.94. The molecule has 0 bridgehead atoms. The number of nitrogens with zero attached hydrogens (tertiary/aromatic N) is 2. The number of hydrogen-bond acceptors (Lipinski definition) is 4. The van der Waals surface area contributed by atoms with E-state index >= 15 is 0 Å². The Labute approximate surface area is 88.4 Å². The number of thiazole rings is 1. The summed E-state index contributed by atoms with van der Waals surface area (Å²) in [7, 11) is 2.16. The van der Waals surface area contributed by atoms with E-state index in [4.69, 9.17) is 5.11 Å². The number of aromatic nitrogens is 1. The quantitative estimate of drug-likeness (QED) is 0.812. The second-order valence-electron chi connectivity index (χ2n) is 3.83. The first kappa shape index (κ1) is 10.1. The lowest BCUT2D eigenvalue weighted by Crippen LogP contribution is -2.29. The molecule has 1 unspecified atom stereocenters. The van der Waals surface area contributed by atoms with E-state index in [0.29, 0.717) is 6.04 Å². The fraction of sp³-hybridized carbons (Fsp3) is 0.700. The summed E-state index contributed by atoms with van der Waals surface area (Å²) in [5.74, 6) is 0. The van der Waals surface area contributed by atoms with Crippen LogP contribution in [0.3, 0.4) is 0 Å². The summed E-state index contributed by atoms with van der Waals surface area (Å²) in [6.07, 6.45) is 3.79. The van der Waals surface area contributed by atoms with Crippen molar-refractivity contribution in [2.45, 2.75) is 31.9 Å². The van der Waals surface area contributed by atoms with E-state index in [1.165, 1.54) is 25.8 Å². The number of aliphatic hydroxyl groups excluding tert-OH is 1. The SMILES string of the molecule is CN1CCCCC1c1nc(CO)cs1. The van der Waals surface area contributed by atoms with Gasteiger partial charge in [-0.25, -0.2) is 4.98 Å². The molecule has 3 nitrogen and oxygen atoms in total. The normalized spacial score (nSPS) is 24.0. The summed E-state index contributed by atoms with van der Waals surface area (Å²) in [5, 5.41) is 12.1. The molecule has 1 aliphatic heterocycles. The lowest BCUT2D eigenvalue weighted by atomic mass is 10.0. The van der Waals surface area contributed by atoms with Crippen LogP contribution >= 0.6 is 11.3 Å². The Morgan fingerprint density at radius 1 is 1.64 bits per heavy atom. The van der Waals surface area contributed by atoms with Crippen molar-refractivity contribution < 1.29 is 5.11 Å². The maximum Gasteiger partial charge on any atom is 0.110 e. The van der Waals surface area contributed by atoms with Crippen molar-refractivity contribution in [2.24, 2.45) is 0 Å². The minimum Gasteiger partial charge on any atom is -0.390 e. The molecule has 0 spiro atoms. The number of piperidine rings is 1. The summed E-state index contributed by atoms with van der Waals surface area (Å²) in [6, 6.07) is 0.481. The van der Waals surface area contributed by atoms with Gasteiger partial charge in [0, 0.05) is 5.38 Å². The van der Waals surface area contributed by atoms with Crippen molar-refractivity contribution in [2.75, 3.05) is 13.6 Å².